The van der Waals surface area contributed by atoms with E-state index in [0.717, 1.165) is 5.56 Å². The number of rotatable bonds is 3. The Bertz CT molecular complexity index is 330. The highest BCUT2D eigenvalue weighted by Crippen LogP contribution is 2.06. The third-order valence-electron chi connectivity index (χ3n) is 1.55. The van der Waals surface area contributed by atoms with Crippen LogP contribution in [0.2, 0.25) is 0 Å². The second-order valence-electron chi connectivity index (χ2n) is 2.49. The number of anilines is 1. The van der Waals surface area contributed by atoms with Crippen LogP contribution in [0.15, 0.2) is 29.4 Å². The lowest BCUT2D eigenvalue weighted by molar-refractivity contribution is 0.904. The van der Waals surface area contributed by atoms with E-state index >= 15 is 0 Å². The maximum absolute atomic E-state index is 7.13. The maximum Gasteiger partial charge on any atom is 0.108 e. The molecule has 1 rings (SSSR count). The topological polar surface area (TPSA) is 74.3 Å². The van der Waals surface area contributed by atoms with E-state index in [0.29, 0.717) is 11.4 Å². The number of hydrazone groups is 1. The lowest BCUT2D eigenvalue weighted by Gasteiger charge is -2.01. The van der Waals surface area contributed by atoms with Gasteiger partial charge in [0.2, 0.25) is 0 Å². The highest BCUT2D eigenvalue weighted by Gasteiger charge is 1.99. The summed E-state index contributed by atoms with van der Waals surface area (Å²) in [6, 6.07) is 7.27. The number of nitrogen functional groups attached to an aromatic ring is 1. The first-order chi connectivity index (χ1) is 6.27. The molecule has 0 aliphatic carbocycles. The van der Waals surface area contributed by atoms with Crippen molar-refractivity contribution < 1.29 is 0 Å². The van der Waals surface area contributed by atoms with Crippen molar-refractivity contribution >= 4 is 17.6 Å². The van der Waals surface area contributed by atoms with Gasteiger partial charge in [0.25, 0.3) is 0 Å². The third kappa shape index (κ3) is 2.30. The molecule has 1 aromatic rings. The quantitative estimate of drug-likeness (QED) is 0.362. The molecule has 0 aliphatic heterocycles. The Hall–Kier alpha value is -1.84. The summed E-state index contributed by atoms with van der Waals surface area (Å²) in [7, 11) is 1.69. The number of hydrogen-bond acceptors (Lipinski definition) is 4. The zero-order valence-electron chi connectivity index (χ0n) is 7.41. The van der Waals surface area contributed by atoms with E-state index in [1.165, 1.54) is 6.21 Å². The minimum absolute atomic E-state index is 0.565. The maximum atomic E-state index is 7.13. The minimum Gasteiger partial charge on any atom is -0.399 e. The lowest BCUT2D eigenvalue weighted by atomic mass is 10.1. The largest absolute Gasteiger partial charge is 0.399 e. The predicted molar refractivity (Wildman–Crippen MR) is 55.2 cm³/mol. The van der Waals surface area contributed by atoms with Crippen molar-refractivity contribution in [2.24, 2.45) is 5.10 Å². The van der Waals surface area contributed by atoms with E-state index in [9.17, 15) is 0 Å². The lowest BCUT2D eigenvalue weighted by Crippen LogP contribution is -2.08. The molecule has 0 fully saturated rings. The van der Waals surface area contributed by atoms with E-state index in [1.807, 2.05) is 12.1 Å². The third-order valence-corrected chi connectivity index (χ3v) is 1.55. The van der Waals surface area contributed by atoms with Crippen molar-refractivity contribution in [1.82, 2.24) is 5.43 Å². The molecule has 4 N–H and O–H groups in total. The van der Waals surface area contributed by atoms with Crippen LogP contribution in [0.1, 0.15) is 5.56 Å². The zero-order chi connectivity index (χ0) is 9.68. The Labute approximate surface area is 77.0 Å². The molecule has 0 heterocycles. The van der Waals surface area contributed by atoms with E-state index in [1.54, 1.807) is 19.2 Å². The summed E-state index contributed by atoms with van der Waals surface area (Å²) < 4.78 is 0. The summed E-state index contributed by atoms with van der Waals surface area (Å²) in [5.74, 6) is 0. The second kappa shape index (κ2) is 4.25. The van der Waals surface area contributed by atoms with Crippen LogP contribution in [0, 0.1) is 5.41 Å². The molecule has 0 atom stereocenters. The summed E-state index contributed by atoms with van der Waals surface area (Å²) in [5, 5.41) is 11.1. The number of nitrogens with one attached hydrogen (secondary N) is 2. The number of nitrogens with two attached hydrogens (primary N) is 1. The number of hydrogen-bond donors (Lipinski definition) is 3. The normalized spacial score (nSPS) is 11.0. The Morgan fingerprint density at radius 1 is 1.62 bits per heavy atom. The van der Waals surface area contributed by atoms with Gasteiger partial charge in [0, 0.05) is 24.5 Å². The molecule has 0 spiro atoms. The van der Waals surface area contributed by atoms with Gasteiger partial charge < -0.3 is 16.6 Å². The smallest absolute Gasteiger partial charge is 0.108 e. The van der Waals surface area contributed by atoms with Crippen LogP contribution in [-0.2, 0) is 0 Å². The van der Waals surface area contributed by atoms with Crippen molar-refractivity contribution in [3.8, 4) is 0 Å². The minimum atomic E-state index is 0.565. The molecule has 0 aromatic heterocycles. The van der Waals surface area contributed by atoms with Gasteiger partial charge in [-0.1, -0.05) is 12.1 Å². The van der Waals surface area contributed by atoms with Gasteiger partial charge in [-0.3, -0.25) is 0 Å². The molecule has 1 aromatic carbocycles. The van der Waals surface area contributed by atoms with Gasteiger partial charge in [0.1, 0.15) is 5.71 Å². The van der Waals surface area contributed by atoms with Crippen LogP contribution in [0.5, 0.6) is 0 Å². The van der Waals surface area contributed by atoms with Gasteiger partial charge in [0.05, 0.1) is 0 Å². The molecule has 0 radical (unpaired) electrons. The van der Waals surface area contributed by atoms with Crippen LogP contribution in [-0.4, -0.2) is 19.0 Å². The molecular weight excluding hydrogens is 164 g/mol. The Morgan fingerprint density at radius 2 is 2.38 bits per heavy atom. The SMILES string of the molecule is CN/N=C(\C=N)c1cccc(N)c1. The fraction of sp³-hybridized carbons (Fsp3) is 0.111. The van der Waals surface area contributed by atoms with E-state index in [4.69, 9.17) is 11.1 Å². The summed E-state index contributed by atoms with van der Waals surface area (Å²) >= 11 is 0. The van der Waals surface area contributed by atoms with Gasteiger partial charge in [-0.25, -0.2) is 0 Å². The predicted octanol–water partition coefficient (Wildman–Crippen LogP) is 0.842. The van der Waals surface area contributed by atoms with Crippen LogP contribution in [0.25, 0.3) is 0 Å². The molecule has 0 saturated heterocycles. The van der Waals surface area contributed by atoms with Crippen molar-refractivity contribution in [2.45, 2.75) is 0 Å². The van der Waals surface area contributed by atoms with Gasteiger partial charge in [-0.15, -0.1) is 0 Å². The monoisotopic (exact) mass is 176 g/mol. The molecule has 0 aliphatic rings. The first-order valence-corrected chi connectivity index (χ1v) is 3.88. The van der Waals surface area contributed by atoms with Gasteiger partial charge >= 0.3 is 0 Å². The van der Waals surface area contributed by atoms with Gasteiger partial charge in [-0.2, -0.15) is 5.10 Å². The van der Waals surface area contributed by atoms with Gasteiger partial charge in [0.15, 0.2) is 0 Å². The first kappa shape index (κ1) is 9.25. The van der Waals surface area contributed by atoms with Crippen LogP contribution >= 0.6 is 0 Å². The Kier molecular flexibility index (Phi) is 3.03. The van der Waals surface area contributed by atoms with E-state index in [2.05, 4.69) is 10.5 Å². The summed E-state index contributed by atoms with van der Waals surface area (Å²) in [6.07, 6.45) is 1.19. The second-order valence-corrected chi connectivity index (χ2v) is 2.49. The summed E-state index contributed by atoms with van der Waals surface area (Å²) in [6.45, 7) is 0. The number of benzene rings is 1. The Balaban J connectivity index is 3.05. The molecule has 4 heteroatoms. The van der Waals surface area contributed by atoms with Crippen molar-refractivity contribution in [3.05, 3.63) is 29.8 Å². The molecule has 0 amide bonds. The average Bonchev–Trinajstić information content (AvgIpc) is 2.14. The molecule has 0 saturated carbocycles. The van der Waals surface area contributed by atoms with E-state index in [-0.39, 0.29) is 0 Å². The summed E-state index contributed by atoms with van der Waals surface area (Å²) in [4.78, 5) is 0. The highest BCUT2D eigenvalue weighted by molar-refractivity contribution is 6.37. The van der Waals surface area contributed by atoms with Crippen molar-refractivity contribution in [2.75, 3.05) is 12.8 Å². The Morgan fingerprint density at radius 3 is 2.92 bits per heavy atom. The summed E-state index contributed by atoms with van der Waals surface area (Å²) in [5.41, 5.74) is 10.3. The molecule has 13 heavy (non-hydrogen) atoms. The average molecular weight is 176 g/mol. The van der Waals surface area contributed by atoms with Crippen LogP contribution in [0.4, 0.5) is 5.69 Å². The number of nitrogens with zero attached hydrogens (tertiary/aromatic N) is 1. The molecular formula is C9H12N4. The molecule has 0 unspecified atom stereocenters. The molecule has 4 nitrogen and oxygen atoms in total. The van der Waals surface area contributed by atoms with Crippen molar-refractivity contribution in [1.29, 1.82) is 5.41 Å². The van der Waals surface area contributed by atoms with Crippen LogP contribution < -0.4 is 11.2 Å². The van der Waals surface area contributed by atoms with Crippen molar-refractivity contribution in [3.63, 3.8) is 0 Å². The zero-order valence-corrected chi connectivity index (χ0v) is 7.41. The molecule has 68 valence electrons. The van der Waals surface area contributed by atoms with Gasteiger partial charge in [-0.05, 0) is 12.1 Å². The first-order valence-electron chi connectivity index (χ1n) is 3.88. The fourth-order valence-electron chi connectivity index (χ4n) is 0.999. The van der Waals surface area contributed by atoms with Crippen LogP contribution in [0.3, 0.4) is 0 Å². The highest BCUT2D eigenvalue weighted by atomic mass is 15.3. The van der Waals surface area contributed by atoms with E-state index < -0.39 is 0 Å². The fourth-order valence-corrected chi connectivity index (χ4v) is 0.999. The molecule has 0 bridgehead atoms. The standard InChI is InChI=1S/C9H12N4/c1-12-13-9(6-10)7-3-2-4-8(11)5-7/h2-6,10,12H,11H2,1H3/b10-6?,13-9+.